The normalized spacial score (nSPS) is 10.6. The van der Waals surface area contributed by atoms with Crippen LogP contribution in [0, 0.1) is 0 Å². The van der Waals surface area contributed by atoms with Crippen molar-refractivity contribution in [1.82, 2.24) is 9.97 Å². The third-order valence-electron chi connectivity index (χ3n) is 3.98. The molecule has 2 nitrogen and oxygen atoms in total. The van der Waals surface area contributed by atoms with E-state index in [1.165, 1.54) is 21.5 Å². The summed E-state index contributed by atoms with van der Waals surface area (Å²) >= 11 is 0. The highest BCUT2D eigenvalue weighted by Crippen LogP contribution is 2.29. The molecule has 23 heavy (non-hydrogen) atoms. The van der Waals surface area contributed by atoms with Crippen molar-refractivity contribution in [2.24, 2.45) is 0 Å². The summed E-state index contributed by atoms with van der Waals surface area (Å²) in [5.41, 5.74) is 2.14. The fraction of sp³-hybridized carbons (Fsp3) is 0. The van der Waals surface area contributed by atoms with Crippen molar-refractivity contribution in [3.63, 3.8) is 0 Å². The van der Waals surface area contributed by atoms with Gasteiger partial charge in [0.05, 0.1) is 17.4 Å². The molecule has 4 aromatic carbocycles. The van der Waals surface area contributed by atoms with Gasteiger partial charge in [-0.25, -0.2) is 4.98 Å². The number of hydrogen-bond donors (Lipinski definition) is 1. The summed E-state index contributed by atoms with van der Waals surface area (Å²) in [5.74, 6) is 0. The van der Waals surface area contributed by atoms with Gasteiger partial charge < -0.3 is 4.98 Å². The summed E-state index contributed by atoms with van der Waals surface area (Å²) in [6, 6.07) is 29.0. The minimum absolute atomic E-state index is 1.05. The first-order valence-electron chi connectivity index (χ1n) is 7.67. The summed E-state index contributed by atoms with van der Waals surface area (Å²) in [7, 11) is 0. The highest BCUT2D eigenvalue weighted by molar-refractivity contribution is 6.15. The molecular formula is C21H16N2. The summed E-state index contributed by atoms with van der Waals surface area (Å²) in [4.78, 5) is 7.55. The Labute approximate surface area is 134 Å². The molecule has 0 atom stereocenters. The van der Waals surface area contributed by atoms with Gasteiger partial charge in [-0.15, -0.1) is 0 Å². The quantitative estimate of drug-likeness (QED) is 0.373. The van der Waals surface area contributed by atoms with E-state index in [9.17, 15) is 0 Å². The molecule has 2 heteroatoms. The van der Waals surface area contributed by atoms with Crippen molar-refractivity contribution >= 4 is 32.6 Å². The van der Waals surface area contributed by atoms with E-state index in [-0.39, 0.29) is 0 Å². The second-order valence-electron chi connectivity index (χ2n) is 5.40. The molecule has 5 aromatic rings. The van der Waals surface area contributed by atoms with Gasteiger partial charge in [0, 0.05) is 5.39 Å². The molecule has 1 heterocycles. The maximum atomic E-state index is 4.40. The number of aromatic nitrogens is 2. The third-order valence-corrected chi connectivity index (χ3v) is 3.98. The Morgan fingerprint density at radius 1 is 0.565 bits per heavy atom. The Balaban J connectivity index is 0.000000192. The van der Waals surface area contributed by atoms with Crippen molar-refractivity contribution in [2.75, 3.05) is 0 Å². The average Bonchev–Trinajstić information content (AvgIpc) is 3.12. The van der Waals surface area contributed by atoms with E-state index in [0.29, 0.717) is 0 Å². The predicted molar refractivity (Wildman–Crippen MR) is 97.5 cm³/mol. The number of nitrogens with one attached hydrogen (secondary N) is 1. The number of H-pyrrole nitrogens is 1. The van der Waals surface area contributed by atoms with Crippen LogP contribution >= 0.6 is 0 Å². The van der Waals surface area contributed by atoms with Gasteiger partial charge >= 0.3 is 0 Å². The lowest BCUT2D eigenvalue weighted by Gasteiger charge is -2.03. The number of nitrogens with zero attached hydrogens (tertiary/aromatic N) is 1. The van der Waals surface area contributed by atoms with Crippen molar-refractivity contribution in [1.29, 1.82) is 0 Å². The van der Waals surface area contributed by atoms with Crippen molar-refractivity contribution in [3.05, 3.63) is 91.3 Å². The van der Waals surface area contributed by atoms with Gasteiger partial charge in [0.15, 0.2) is 0 Å². The summed E-state index contributed by atoms with van der Waals surface area (Å²) in [5, 5.41) is 5.04. The lowest BCUT2D eigenvalue weighted by atomic mass is 10.0. The maximum Gasteiger partial charge on any atom is 0.0961 e. The van der Waals surface area contributed by atoms with Crippen molar-refractivity contribution in [3.8, 4) is 0 Å². The fourth-order valence-corrected chi connectivity index (χ4v) is 2.88. The largest absolute Gasteiger partial charge is 0.345 e. The van der Waals surface area contributed by atoms with E-state index in [1.807, 2.05) is 36.4 Å². The number of hydrogen-bond acceptors (Lipinski definition) is 1. The molecular weight excluding hydrogens is 280 g/mol. The number of imidazole rings is 1. The molecule has 0 radical (unpaired) electrons. The first-order chi connectivity index (χ1) is 11.4. The average molecular weight is 296 g/mol. The van der Waals surface area contributed by atoms with Gasteiger partial charge in [-0.1, -0.05) is 78.9 Å². The van der Waals surface area contributed by atoms with Gasteiger partial charge in [-0.05, 0) is 22.2 Å². The minimum atomic E-state index is 1.05. The van der Waals surface area contributed by atoms with Crippen LogP contribution in [-0.2, 0) is 0 Å². The first kappa shape index (κ1) is 13.5. The monoisotopic (exact) mass is 296 g/mol. The van der Waals surface area contributed by atoms with Gasteiger partial charge in [-0.2, -0.15) is 0 Å². The zero-order valence-electron chi connectivity index (χ0n) is 12.6. The summed E-state index contributed by atoms with van der Waals surface area (Å²) in [6.07, 6.45) is 1.75. The van der Waals surface area contributed by atoms with Crippen LogP contribution < -0.4 is 0 Å². The van der Waals surface area contributed by atoms with Gasteiger partial charge in [0.25, 0.3) is 0 Å². The number of fused-ring (bicyclic) bond motifs is 5. The van der Waals surface area contributed by atoms with Crippen LogP contribution in [0.3, 0.4) is 0 Å². The van der Waals surface area contributed by atoms with Gasteiger partial charge in [-0.3, -0.25) is 0 Å². The van der Waals surface area contributed by atoms with Crippen LogP contribution in [0.5, 0.6) is 0 Å². The molecule has 0 aliphatic carbocycles. The Kier molecular flexibility index (Phi) is 3.49. The Morgan fingerprint density at radius 3 is 2.04 bits per heavy atom. The molecule has 1 aromatic heterocycles. The Morgan fingerprint density at radius 2 is 1.26 bits per heavy atom. The second kappa shape index (κ2) is 5.93. The highest BCUT2D eigenvalue weighted by Gasteiger charge is 2.05. The number of aromatic amines is 1. The second-order valence-corrected chi connectivity index (χ2v) is 5.40. The third kappa shape index (κ3) is 2.55. The molecule has 0 spiro atoms. The van der Waals surface area contributed by atoms with Crippen molar-refractivity contribution < 1.29 is 0 Å². The SMILES string of the molecule is c1ccc2c(c1)ccc1c2ccc2[nH]cnc21.c1ccccc1. The van der Waals surface area contributed by atoms with Crippen LogP contribution in [0.25, 0.3) is 32.6 Å². The molecule has 0 aliphatic heterocycles. The van der Waals surface area contributed by atoms with E-state index < -0.39 is 0 Å². The smallest absolute Gasteiger partial charge is 0.0961 e. The molecule has 1 N–H and O–H groups in total. The minimum Gasteiger partial charge on any atom is -0.345 e. The number of benzene rings is 4. The Hall–Kier alpha value is -3.13. The van der Waals surface area contributed by atoms with E-state index in [2.05, 4.69) is 58.5 Å². The summed E-state index contributed by atoms with van der Waals surface area (Å²) in [6.45, 7) is 0. The molecule has 0 aliphatic rings. The molecule has 0 amide bonds. The molecule has 5 rings (SSSR count). The Bertz CT molecular complexity index is 1040. The van der Waals surface area contributed by atoms with Crippen molar-refractivity contribution in [2.45, 2.75) is 0 Å². The van der Waals surface area contributed by atoms with E-state index in [1.54, 1.807) is 6.33 Å². The lowest BCUT2D eigenvalue weighted by Crippen LogP contribution is -1.79. The number of rotatable bonds is 0. The lowest BCUT2D eigenvalue weighted by molar-refractivity contribution is 1.35. The highest BCUT2D eigenvalue weighted by atomic mass is 14.9. The molecule has 0 saturated heterocycles. The molecule has 110 valence electrons. The van der Waals surface area contributed by atoms with Gasteiger partial charge in [0.1, 0.15) is 0 Å². The van der Waals surface area contributed by atoms with Crippen LogP contribution in [-0.4, -0.2) is 9.97 Å². The topological polar surface area (TPSA) is 28.7 Å². The van der Waals surface area contributed by atoms with Crippen LogP contribution in [0.15, 0.2) is 91.3 Å². The van der Waals surface area contributed by atoms with Crippen LogP contribution in [0.4, 0.5) is 0 Å². The first-order valence-corrected chi connectivity index (χ1v) is 7.67. The molecule has 0 saturated carbocycles. The predicted octanol–water partition coefficient (Wildman–Crippen LogP) is 5.56. The standard InChI is InChI=1S/C15H10N2.C6H6/c1-2-4-11-10(3-1)5-6-13-12(11)7-8-14-15(13)17-9-16-14;1-2-4-6-5-3-1/h1-9H,(H,16,17);1-6H. The zero-order chi connectivity index (χ0) is 15.5. The van der Waals surface area contributed by atoms with Gasteiger partial charge in [0.2, 0.25) is 0 Å². The van der Waals surface area contributed by atoms with Crippen LogP contribution in [0.2, 0.25) is 0 Å². The van der Waals surface area contributed by atoms with E-state index in [0.717, 1.165) is 11.0 Å². The van der Waals surface area contributed by atoms with E-state index in [4.69, 9.17) is 0 Å². The molecule has 0 unspecified atom stereocenters. The van der Waals surface area contributed by atoms with Crippen LogP contribution in [0.1, 0.15) is 0 Å². The molecule has 0 fully saturated rings. The summed E-state index contributed by atoms with van der Waals surface area (Å²) < 4.78 is 0. The zero-order valence-corrected chi connectivity index (χ0v) is 12.6. The maximum absolute atomic E-state index is 4.40. The molecule has 0 bridgehead atoms. The fourth-order valence-electron chi connectivity index (χ4n) is 2.88. The van der Waals surface area contributed by atoms with E-state index >= 15 is 0 Å².